The molecule has 0 amide bonds. The fourth-order valence-corrected chi connectivity index (χ4v) is 4.04. The van der Waals surface area contributed by atoms with Crippen molar-refractivity contribution in [2.75, 3.05) is 6.61 Å². The van der Waals surface area contributed by atoms with Gasteiger partial charge in [0.1, 0.15) is 9.88 Å². The van der Waals surface area contributed by atoms with Gasteiger partial charge in [-0.15, -0.1) is 11.3 Å². The van der Waals surface area contributed by atoms with E-state index in [9.17, 15) is 4.79 Å². The van der Waals surface area contributed by atoms with Crippen molar-refractivity contribution >= 4 is 17.3 Å². The first kappa shape index (κ1) is 16.4. The summed E-state index contributed by atoms with van der Waals surface area (Å²) in [5.41, 5.74) is 7.06. The second kappa shape index (κ2) is 6.44. The average molecular weight is 310 g/mol. The first-order valence-electron chi connectivity index (χ1n) is 7.84. The molecule has 1 aliphatic rings. The van der Waals surface area contributed by atoms with E-state index in [2.05, 4.69) is 6.92 Å². The number of aromatic nitrogens is 1. The first-order chi connectivity index (χ1) is 9.87. The number of esters is 1. The summed E-state index contributed by atoms with van der Waals surface area (Å²) in [6, 6.07) is 0. The molecule has 0 radical (unpaired) electrons. The number of hydrogen-bond acceptors (Lipinski definition) is 5. The third-order valence-electron chi connectivity index (χ3n) is 4.25. The normalized spacial score (nSPS) is 26.1. The number of carbonyl (C=O) groups is 1. The van der Waals surface area contributed by atoms with Crippen LogP contribution in [0.1, 0.15) is 79.7 Å². The number of nitrogens with two attached hydrogens (primary N) is 1. The Morgan fingerprint density at radius 3 is 2.62 bits per heavy atom. The zero-order valence-electron chi connectivity index (χ0n) is 13.4. The quantitative estimate of drug-likeness (QED) is 0.859. The fraction of sp³-hybridized carbons (Fsp3) is 0.750. The van der Waals surface area contributed by atoms with Gasteiger partial charge in [0, 0.05) is 0 Å². The highest BCUT2D eigenvalue weighted by atomic mass is 32.1. The highest BCUT2D eigenvalue weighted by molar-refractivity contribution is 7.13. The van der Waals surface area contributed by atoms with Crippen molar-refractivity contribution in [3.05, 3.63) is 15.6 Å². The molecule has 1 heterocycles. The molecule has 0 aromatic carbocycles. The Morgan fingerprint density at radius 1 is 1.48 bits per heavy atom. The number of carbonyl (C=O) groups excluding carboxylic acids is 1. The highest BCUT2D eigenvalue weighted by Gasteiger charge is 2.36. The summed E-state index contributed by atoms with van der Waals surface area (Å²) in [5, 5.41) is 0.904. The van der Waals surface area contributed by atoms with Gasteiger partial charge in [-0.3, -0.25) is 0 Å². The van der Waals surface area contributed by atoms with Crippen molar-refractivity contribution in [2.45, 2.75) is 64.8 Å². The maximum Gasteiger partial charge on any atom is 0.350 e. The standard InChI is InChI=1S/C16H26N2O2S/c1-5-20-14(19)13-12(10(2)3)18-15(21-13)16(17)8-6-11(4)7-9-16/h10-11H,5-9,17H2,1-4H3. The second-order valence-electron chi connectivity index (χ2n) is 6.45. The van der Waals surface area contributed by atoms with Gasteiger partial charge >= 0.3 is 5.97 Å². The number of thiazole rings is 1. The van der Waals surface area contributed by atoms with Gasteiger partial charge in [0.2, 0.25) is 0 Å². The van der Waals surface area contributed by atoms with E-state index in [-0.39, 0.29) is 17.4 Å². The van der Waals surface area contributed by atoms with Gasteiger partial charge in [-0.1, -0.05) is 20.8 Å². The molecule has 0 spiro atoms. The molecule has 0 saturated heterocycles. The lowest BCUT2D eigenvalue weighted by Crippen LogP contribution is -2.40. The maximum absolute atomic E-state index is 12.1. The summed E-state index contributed by atoms with van der Waals surface area (Å²) in [6.45, 7) is 8.57. The van der Waals surface area contributed by atoms with Gasteiger partial charge in [-0.25, -0.2) is 9.78 Å². The zero-order chi connectivity index (χ0) is 15.6. The van der Waals surface area contributed by atoms with Crippen molar-refractivity contribution in [2.24, 2.45) is 11.7 Å². The predicted octanol–water partition coefficient (Wildman–Crippen LogP) is 3.81. The van der Waals surface area contributed by atoms with E-state index in [0.29, 0.717) is 11.5 Å². The van der Waals surface area contributed by atoms with Crippen LogP contribution in [0.5, 0.6) is 0 Å². The van der Waals surface area contributed by atoms with Crippen LogP contribution in [0.2, 0.25) is 0 Å². The molecule has 2 rings (SSSR count). The van der Waals surface area contributed by atoms with Crippen molar-refractivity contribution < 1.29 is 9.53 Å². The van der Waals surface area contributed by atoms with E-state index in [1.54, 1.807) is 0 Å². The summed E-state index contributed by atoms with van der Waals surface area (Å²) in [4.78, 5) is 17.5. The summed E-state index contributed by atoms with van der Waals surface area (Å²) < 4.78 is 5.16. The van der Waals surface area contributed by atoms with E-state index in [0.717, 1.165) is 42.3 Å². The van der Waals surface area contributed by atoms with Crippen LogP contribution in [0, 0.1) is 5.92 Å². The molecule has 0 bridgehead atoms. The Balaban J connectivity index is 2.33. The molecule has 5 heteroatoms. The Kier molecular flexibility index (Phi) is 5.04. The van der Waals surface area contributed by atoms with E-state index >= 15 is 0 Å². The summed E-state index contributed by atoms with van der Waals surface area (Å²) in [6.07, 6.45) is 4.15. The van der Waals surface area contributed by atoms with Crippen LogP contribution in [0.15, 0.2) is 0 Å². The fourth-order valence-electron chi connectivity index (χ4n) is 2.77. The number of nitrogens with zero attached hydrogens (tertiary/aromatic N) is 1. The Morgan fingerprint density at radius 2 is 2.10 bits per heavy atom. The molecule has 1 aromatic rings. The summed E-state index contributed by atoms with van der Waals surface area (Å²) in [5.74, 6) is 0.661. The van der Waals surface area contributed by atoms with Gasteiger partial charge in [0.25, 0.3) is 0 Å². The van der Waals surface area contributed by atoms with Crippen LogP contribution in [0.25, 0.3) is 0 Å². The molecule has 1 aliphatic carbocycles. The van der Waals surface area contributed by atoms with Crippen LogP contribution < -0.4 is 5.73 Å². The smallest absolute Gasteiger partial charge is 0.350 e. The minimum Gasteiger partial charge on any atom is -0.462 e. The molecule has 4 nitrogen and oxygen atoms in total. The molecule has 0 unspecified atom stereocenters. The topological polar surface area (TPSA) is 65.2 Å². The van der Waals surface area contributed by atoms with Crippen molar-refractivity contribution in [3.63, 3.8) is 0 Å². The van der Waals surface area contributed by atoms with Gasteiger partial charge in [0.05, 0.1) is 17.8 Å². The van der Waals surface area contributed by atoms with Crippen LogP contribution in [0.3, 0.4) is 0 Å². The lowest BCUT2D eigenvalue weighted by molar-refractivity contribution is 0.0530. The molecule has 21 heavy (non-hydrogen) atoms. The summed E-state index contributed by atoms with van der Waals surface area (Å²) >= 11 is 1.43. The SMILES string of the molecule is CCOC(=O)c1sc(C2(N)CCC(C)CC2)nc1C(C)C. The molecule has 0 aliphatic heterocycles. The molecule has 1 saturated carbocycles. The van der Waals surface area contributed by atoms with Crippen LogP contribution >= 0.6 is 11.3 Å². The van der Waals surface area contributed by atoms with Crippen LogP contribution in [-0.2, 0) is 10.3 Å². The predicted molar refractivity (Wildman–Crippen MR) is 85.7 cm³/mol. The lowest BCUT2D eigenvalue weighted by atomic mass is 9.78. The number of hydrogen-bond donors (Lipinski definition) is 1. The molecular weight excluding hydrogens is 284 g/mol. The molecule has 1 fully saturated rings. The second-order valence-corrected chi connectivity index (χ2v) is 7.45. The minimum absolute atomic E-state index is 0.195. The third kappa shape index (κ3) is 3.46. The van der Waals surface area contributed by atoms with E-state index < -0.39 is 0 Å². The maximum atomic E-state index is 12.1. The highest BCUT2D eigenvalue weighted by Crippen LogP contribution is 2.40. The van der Waals surface area contributed by atoms with Gasteiger partial charge in [-0.05, 0) is 44.4 Å². The molecule has 0 atom stereocenters. The molecule has 118 valence electrons. The number of rotatable bonds is 4. The Hall–Kier alpha value is -0.940. The Bertz CT molecular complexity index is 502. The lowest BCUT2D eigenvalue weighted by Gasteiger charge is -2.34. The Labute approximate surface area is 131 Å². The zero-order valence-corrected chi connectivity index (χ0v) is 14.3. The van der Waals surface area contributed by atoms with E-state index in [4.69, 9.17) is 15.5 Å². The molecule has 2 N–H and O–H groups in total. The average Bonchev–Trinajstić information content (AvgIpc) is 2.89. The van der Waals surface area contributed by atoms with Crippen molar-refractivity contribution in [3.8, 4) is 0 Å². The van der Waals surface area contributed by atoms with Gasteiger partial charge < -0.3 is 10.5 Å². The van der Waals surface area contributed by atoms with Crippen molar-refractivity contribution in [1.29, 1.82) is 0 Å². The van der Waals surface area contributed by atoms with Crippen LogP contribution in [0.4, 0.5) is 0 Å². The van der Waals surface area contributed by atoms with Crippen molar-refractivity contribution in [1.82, 2.24) is 4.98 Å². The monoisotopic (exact) mass is 310 g/mol. The molecular formula is C16H26N2O2S. The molecule has 1 aromatic heterocycles. The van der Waals surface area contributed by atoms with Gasteiger partial charge in [-0.2, -0.15) is 0 Å². The first-order valence-corrected chi connectivity index (χ1v) is 8.66. The van der Waals surface area contributed by atoms with E-state index in [1.165, 1.54) is 11.3 Å². The van der Waals surface area contributed by atoms with Gasteiger partial charge in [0.15, 0.2) is 0 Å². The number of ether oxygens (including phenoxy) is 1. The van der Waals surface area contributed by atoms with E-state index in [1.807, 2.05) is 20.8 Å². The van der Waals surface area contributed by atoms with Crippen LogP contribution in [-0.4, -0.2) is 17.6 Å². The summed E-state index contributed by atoms with van der Waals surface area (Å²) in [7, 11) is 0. The largest absolute Gasteiger partial charge is 0.462 e. The third-order valence-corrected chi connectivity index (χ3v) is 5.52. The minimum atomic E-state index is -0.369.